The van der Waals surface area contributed by atoms with Gasteiger partial charge in [-0.3, -0.25) is 4.55 Å². The average molecular weight is 546 g/mol. The molecular weight excluding hydrogens is 542 g/mol. The zero-order valence-electron chi connectivity index (χ0n) is 14.0. The van der Waals surface area contributed by atoms with Crippen LogP contribution in [0.4, 0.5) is 79.0 Å². The molecule has 0 unspecified atom stereocenters. The van der Waals surface area contributed by atoms with E-state index in [1.165, 1.54) is 0 Å². The fourth-order valence-electron chi connectivity index (χ4n) is 1.61. The topological polar surface area (TPSA) is 54.4 Å². The Hall–Kier alpha value is -1.35. The maximum atomic E-state index is 13.3. The molecule has 0 spiro atoms. The van der Waals surface area contributed by atoms with Gasteiger partial charge in [0.15, 0.2) is 0 Å². The van der Waals surface area contributed by atoms with E-state index in [9.17, 15) is 87.4 Å². The first kappa shape index (κ1) is 30.6. The van der Waals surface area contributed by atoms with Gasteiger partial charge in [0.05, 0.1) is 0 Å². The average Bonchev–Trinajstić information content (AvgIpc) is 2.51. The van der Waals surface area contributed by atoms with Gasteiger partial charge in [0.2, 0.25) is 0 Å². The van der Waals surface area contributed by atoms with Crippen LogP contribution < -0.4 is 0 Å². The Bertz CT molecular complexity index is 822. The van der Waals surface area contributed by atoms with E-state index in [0.717, 1.165) is 0 Å². The molecule has 32 heavy (non-hydrogen) atoms. The molecule has 0 aliphatic heterocycles. The summed E-state index contributed by atoms with van der Waals surface area (Å²) in [6, 6.07) is 0. The van der Waals surface area contributed by atoms with E-state index in [4.69, 9.17) is 4.55 Å². The molecule has 22 heteroatoms. The number of halogens is 18. The molecule has 3 nitrogen and oxygen atoms in total. The van der Waals surface area contributed by atoms with Crippen LogP contribution in [0.2, 0.25) is 0 Å². The molecule has 0 radical (unpaired) electrons. The Morgan fingerprint density at radius 3 is 0.812 bits per heavy atom. The fourth-order valence-corrected chi connectivity index (χ4v) is 2.06. The summed E-state index contributed by atoms with van der Waals surface area (Å²) in [7, 11) is -7.95. The van der Waals surface area contributed by atoms with Gasteiger partial charge >= 0.3 is 62.8 Å². The highest BCUT2D eigenvalue weighted by atomic mass is 32.2. The van der Waals surface area contributed by atoms with E-state index in [-0.39, 0.29) is 0 Å². The summed E-state index contributed by atoms with van der Waals surface area (Å²) in [5.74, 6) is -66.9. The fraction of sp³-hybridized carbons (Fsp3) is 1.00. The zero-order chi connectivity index (χ0) is 27.0. The summed E-state index contributed by atoms with van der Waals surface area (Å²) in [5.41, 5.74) is 0. The molecule has 0 saturated carbocycles. The van der Waals surface area contributed by atoms with E-state index in [0.29, 0.717) is 0 Å². The van der Waals surface area contributed by atoms with Crippen molar-refractivity contribution < 1.29 is 92.0 Å². The summed E-state index contributed by atoms with van der Waals surface area (Å²) in [5, 5.41) is -7.90. The molecule has 0 amide bonds. The van der Waals surface area contributed by atoms with Crippen molar-refractivity contribution in [3.63, 3.8) is 0 Å². The first-order valence-corrected chi connectivity index (χ1v) is 8.06. The predicted octanol–water partition coefficient (Wildman–Crippen LogP) is 5.57. The van der Waals surface area contributed by atoms with Gasteiger partial charge in [-0.05, 0) is 0 Å². The van der Waals surface area contributed by atoms with Crippen LogP contribution in [0, 0.1) is 0 Å². The summed E-state index contributed by atoms with van der Waals surface area (Å²) >= 11 is 0. The van der Waals surface area contributed by atoms with E-state index < -0.39 is 69.7 Å². The van der Waals surface area contributed by atoms with Crippen LogP contribution >= 0.6 is 0 Å². The normalized spacial score (nSPS) is 17.0. The minimum atomic E-state index is -9.00. The van der Waals surface area contributed by atoms with Crippen LogP contribution in [0.15, 0.2) is 0 Å². The molecule has 0 aromatic carbocycles. The second-order valence-corrected chi connectivity index (χ2v) is 7.36. The number of hydrogen-bond donors (Lipinski definition) is 1. The lowest BCUT2D eigenvalue weighted by atomic mass is 9.88. The third kappa shape index (κ3) is 3.45. The molecule has 194 valence electrons. The molecule has 0 atom stereocenters. The quantitative estimate of drug-likeness (QED) is 0.304. The van der Waals surface area contributed by atoms with Crippen molar-refractivity contribution in [2.24, 2.45) is 0 Å². The Morgan fingerprint density at radius 2 is 0.625 bits per heavy atom. The summed E-state index contributed by atoms with van der Waals surface area (Å²) in [6.07, 6.45) is 0. The van der Waals surface area contributed by atoms with Gasteiger partial charge in [-0.25, -0.2) is 0 Å². The van der Waals surface area contributed by atoms with Gasteiger partial charge in [-0.15, -0.1) is 0 Å². The lowest BCUT2D eigenvalue weighted by Gasteiger charge is -2.43. The van der Waals surface area contributed by atoms with Crippen molar-refractivity contribution in [1.29, 1.82) is 0 Å². The second-order valence-electron chi connectivity index (χ2n) is 5.90. The smallest absolute Gasteiger partial charge is 0.281 e. The van der Waals surface area contributed by atoms with Gasteiger partial charge in [-0.1, -0.05) is 0 Å². The van der Waals surface area contributed by atoms with Crippen LogP contribution in [0.3, 0.4) is 0 Å². The third-order valence-electron chi connectivity index (χ3n) is 3.61. The van der Waals surface area contributed by atoms with Crippen molar-refractivity contribution in [2.75, 3.05) is 0 Å². The standard InChI is InChI=1S/C10H4F18O3S/c1-2(11,12)3(13,14)4(15,16)5(17,18)6(19,20)7(21,22)8(23,24)9(25,26)10(27,28)32(29,30)31/h1H3,(H,29,30,31). The lowest BCUT2D eigenvalue weighted by Crippen LogP contribution is -2.76. The molecule has 0 aliphatic rings. The Morgan fingerprint density at radius 1 is 0.438 bits per heavy atom. The monoisotopic (exact) mass is 546 g/mol. The maximum absolute atomic E-state index is 13.3. The largest absolute Gasteiger partial charge is 0.438 e. The summed E-state index contributed by atoms with van der Waals surface area (Å²) < 4.78 is 262. The van der Waals surface area contributed by atoms with Gasteiger partial charge in [0.1, 0.15) is 0 Å². The number of alkyl halides is 18. The summed E-state index contributed by atoms with van der Waals surface area (Å²) in [4.78, 5) is 0. The predicted molar refractivity (Wildman–Crippen MR) is 61.7 cm³/mol. The van der Waals surface area contributed by atoms with E-state index in [1.54, 1.807) is 0 Å². The molecule has 0 fully saturated rings. The van der Waals surface area contributed by atoms with Gasteiger partial charge in [0.25, 0.3) is 0 Å². The molecule has 0 heterocycles. The third-order valence-corrected chi connectivity index (χ3v) is 4.51. The Labute approximate surface area is 163 Å². The molecule has 0 aliphatic carbocycles. The van der Waals surface area contributed by atoms with Gasteiger partial charge in [0, 0.05) is 6.92 Å². The van der Waals surface area contributed by atoms with E-state index in [2.05, 4.69) is 0 Å². The SMILES string of the molecule is CC(F)(F)C(F)(F)C(F)(F)C(F)(F)C(F)(F)C(F)(F)C(F)(F)C(F)(F)C(F)(F)S(=O)(=O)O. The zero-order valence-corrected chi connectivity index (χ0v) is 14.8. The van der Waals surface area contributed by atoms with Crippen molar-refractivity contribution in [3.05, 3.63) is 0 Å². The highest BCUT2D eigenvalue weighted by molar-refractivity contribution is 7.87. The lowest BCUT2D eigenvalue weighted by molar-refractivity contribution is -0.458. The highest BCUT2D eigenvalue weighted by Gasteiger charge is 2.97. The van der Waals surface area contributed by atoms with Crippen LogP contribution in [0.25, 0.3) is 0 Å². The van der Waals surface area contributed by atoms with Crippen molar-refractivity contribution in [1.82, 2.24) is 0 Å². The van der Waals surface area contributed by atoms with Gasteiger partial charge in [-0.2, -0.15) is 87.4 Å². The Kier molecular flexibility index (Phi) is 6.78. The summed E-state index contributed by atoms with van der Waals surface area (Å²) in [6.45, 7) is -1.37. The Balaban J connectivity index is 7.06. The van der Waals surface area contributed by atoms with E-state index in [1.807, 2.05) is 0 Å². The van der Waals surface area contributed by atoms with Crippen LogP contribution in [0.5, 0.6) is 0 Å². The molecule has 0 bridgehead atoms. The van der Waals surface area contributed by atoms with Crippen molar-refractivity contribution >= 4 is 10.1 Å². The molecule has 1 N–H and O–H groups in total. The molecule has 0 aromatic rings. The minimum Gasteiger partial charge on any atom is -0.281 e. The van der Waals surface area contributed by atoms with Crippen molar-refractivity contribution in [2.45, 2.75) is 59.6 Å². The minimum absolute atomic E-state index is 1.37. The first-order chi connectivity index (χ1) is 13.2. The molecule has 0 aromatic heterocycles. The molecular formula is C10H4F18O3S. The van der Waals surface area contributed by atoms with Crippen LogP contribution in [-0.4, -0.2) is 65.6 Å². The van der Waals surface area contributed by atoms with Crippen LogP contribution in [-0.2, 0) is 10.1 Å². The van der Waals surface area contributed by atoms with E-state index >= 15 is 0 Å². The van der Waals surface area contributed by atoms with Gasteiger partial charge < -0.3 is 0 Å². The molecule has 0 rings (SSSR count). The van der Waals surface area contributed by atoms with Crippen molar-refractivity contribution in [3.8, 4) is 0 Å². The second kappa shape index (κ2) is 7.08. The highest BCUT2D eigenvalue weighted by Crippen LogP contribution is 2.65. The maximum Gasteiger partial charge on any atom is 0.438 e. The van der Waals surface area contributed by atoms with Crippen LogP contribution in [0.1, 0.15) is 6.92 Å². The first-order valence-electron chi connectivity index (χ1n) is 6.62. The number of hydrogen-bond acceptors (Lipinski definition) is 2. The molecule has 0 saturated heterocycles. The number of rotatable bonds is 9.